The van der Waals surface area contributed by atoms with Crippen molar-refractivity contribution >= 4 is 43.6 Å². The van der Waals surface area contributed by atoms with E-state index in [0.29, 0.717) is 72.4 Å². The molecule has 8 aromatic carbocycles. The standard InChI is InChI=1S/C55H25F3N8/c56-55(57,58)43-20-36(30-63)19-42(23-43)54-52(65-48-7-3-1-5-44(48)46-24-38(9-11-50(46)65)40-15-32(26-59)13-33(16-40)27-60)21-37(31-64)22-53(54)66-49-8-4-2-6-45(49)47-25-39(10-12-51(47)66)41-17-34(28-61)14-35(18-41)29-62/h1-25H. The number of aromatic nitrogens is 2. The quantitative estimate of drug-likeness (QED) is 0.168. The molecule has 0 fully saturated rings. The molecule has 0 amide bonds. The molecule has 0 aliphatic rings. The Hall–Kier alpha value is -9.91. The molecule has 0 aliphatic carbocycles. The molecular weight excluding hydrogens is 830 g/mol. The van der Waals surface area contributed by atoms with Crippen LogP contribution in [0.1, 0.15) is 38.9 Å². The molecule has 2 aromatic heterocycles. The molecular formula is C55H25F3N8. The molecule has 0 radical (unpaired) electrons. The van der Waals surface area contributed by atoms with Crippen LogP contribution in [-0.2, 0) is 6.18 Å². The highest BCUT2D eigenvalue weighted by atomic mass is 19.4. The lowest BCUT2D eigenvalue weighted by atomic mass is 9.94. The molecule has 8 nitrogen and oxygen atoms in total. The second kappa shape index (κ2) is 15.5. The lowest BCUT2D eigenvalue weighted by Gasteiger charge is -2.22. The summed E-state index contributed by atoms with van der Waals surface area (Å²) in [5, 5.41) is 63.0. The predicted octanol–water partition coefficient (Wildman–Crippen LogP) is 13.1. The van der Waals surface area contributed by atoms with E-state index >= 15 is 0 Å². The Bertz CT molecular complexity index is 3740. The molecule has 0 spiro atoms. The largest absolute Gasteiger partial charge is 0.416 e. The van der Waals surface area contributed by atoms with Crippen LogP contribution >= 0.6 is 0 Å². The fraction of sp³-hybridized carbons (Fsp3) is 0.0182. The van der Waals surface area contributed by atoms with E-state index in [2.05, 4.69) is 30.3 Å². The maximum atomic E-state index is 14.8. The Morgan fingerprint density at radius 2 is 0.697 bits per heavy atom. The maximum absolute atomic E-state index is 14.8. The minimum atomic E-state index is -4.82. The predicted molar refractivity (Wildman–Crippen MR) is 245 cm³/mol. The van der Waals surface area contributed by atoms with Crippen molar-refractivity contribution in [3.63, 3.8) is 0 Å². The molecule has 10 rings (SSSR count). The summed E-state index contributed by atoms with van der Waals surface area (Å²) in [5.74, 6) is 0. The van der Waals surface area contributed by atoms with Crippen molar-refractivity contribution in [2.24, 2.45) is 0 Å². The van der Waals surface area contributed by atoms with Gasteiger partial charge < -0.3 is 9.13 Å². The zero-order chi connectivity index (χ0) is 45.9. The van der Waals surface area contributed by atoms with Crippen molar-refractivity contribution in [2.45, 2.75) is 6.18 Å². The first-order valence-electron chi connectivity index (χ1n) is 20.2. The summed E-state index contributed by atoms with van der Waals surface area (Å²) < 4.78 is 48.3. The van der Waals surface area contributed by atoms with Crippen molar-refractivity contribution in [3.8, 4) is 81.2 Å². The minimum absolute atomic E-state index is 0.0793. The number of halogens is 3. The number of nitriles is 6. The molecule has 0 N–H and O–H groups in total. The molecule has 0 saturated carbocycles. The van der Waals surface area contributed by atoms with Crippen LogP contribution < -0.4 is 0 Å². The lowest BCUT2D eigenvalue weighted by molar-refractivity contribution is -0.137. The monoisotopic (exact) mass is 854 g/mol. The van der Waals surface area contributed by atoms with Crippen LogP contribution in [0.2, 0.25) is 0 Å². The summed E-state index contributed by atoms with van der Waals surface area (Å²) in [6.45, 7) is 0. The molecule has 11 heteroatoms. The van der Waals surface area contributed by atoms with Gasteiger partial charge in [-0.25, -0.2) is 0 Å². The van der Waals surface area contributed by atoms with E-state index in [1.165, 1.54) is 18.2 Å². The van der Waals surface area contributed by atoms with Gasteiger partial charge in [0.25, 0.3) is 0 Å². The van der Waals surface area contributed by atoms with Gasteiger partial charge in [-0.3, -0.25) is 0 Å². The number of fused-ring (bicyclic) bond motifs is 6. The fourth-order valence-electron chi connectivity index (χ4n) is 9.00. The van der Waals surface area contributed by atoms with Crippen LogP contribution in [0, 0.1) is 68.0 Å². The van der Waals surface area contributed by atoms with Gasteiger partial charge in [-0.15, -0.1) is 0 Å². The number of alkyl halides is 3. The van der Waals surface area contributed by atoms with E-state index in [9.17, 15) is 44.7 Å². The summed E-state index contributed by atoms with van der Waals surface area (Å²) in [7, 11) is 0. The summed E-state index contributed by atoms with van der Waals surface area (Å²) >= 11 is 0. The Labute approximate surface area is 374 Å². The SMILES string of the molecule is N#Cc1cc(C#N)cc(-c2ccc3c(c2)c2ccccc2n3-c2cc(C#N)cc(-n3c4ccccc4c4cc(-c5cc(C#N)cc(C#N)c5)ccc43)c2-c2cc(C#N)cc(C(F)(F)F)c2)c1. The van der Waals surface area contributed by atoms with Crippen LogP contribution in [0.15, 0.2) is 152 Å². The van der Waals surface area contributed by atoms with Crippen LogP contribution in [0.3, 0.4) is 0 Å². The van der Waals surface area contributed by atoms with Gasteiger partial charge in [0.15, 0.2) is 0 Å². The molecule has 10 aromatic rings. The van der Waals surface area contributed by atoms with E-state index in [-0.39, 0.29) is 16.7 Å². The van der Waals surface area contributed by atoms with Gasteiger partial charge in [0.05, 0.1) is 109 Å². The fourth-order valence-corrected chi connectivity index (χ4v) is 9.00. The first kappa shape index (κ1) is 40.2. The molecule has 306 valence electrons. The maximum Gasteiger partial charge on any atom is 0.416 e. The van der Waals surface area contributed by atoms with Crippen molar-refractivity contribution in [1.82, 2.24) is 9.13 Å². The van der Waals surface area contributed by atoms with Gasteiger partial charge in [0, 0.05) is 27.1 Å². The number of nitrogens with zero attached hydrogens (tertiary/aromatic N) is 8. The Morgan fingerprint density at radius 1 is 0.333 bits per heavy atom. The van der Waals surface area contributed by atoms with Crippen LogP contribution in [0.5, 0.6) is 0 Å². The zero-order valence-electron chi connectivity index (χ0n) is 34.1. The minimum Gasteiger partial charge on any atom is -0.308 e. The lowest BCUT2D eigenvalue weighted by Crippen LogP contribution is -2.08. The average Bonchev–Trinajstić information content (AvgIpc) is 3.87. The summed E-state index contributed by atoms with van der Waals surface area (Å²) in [5.41, 5.74) is 6.71. The highest BCUT2D eigenvalue weighted by Gasteiger charge is 2.33. The van der Waals surface area contributed by atoms with Gasteiger partial charge >= 0.3 is 6.18 Å². The first-order chi connectivity index (χ1) is 32.0. The second-order valence-corrected chi connectivity index (χ2v) is 15.6. The molecule has 0 atom stereocenters. The highest BCUT2D eigenvalue weighted by Crippen LogP contribution is 2.45. The molecule has 66 heavy (non-hydrogen) atoms. The smallest absolute Gasteiger partial charge is 0.308 e. The van der Waals surface area contributed by atoms with Crippen molar-refractivity contribution < 1.29 is 13.2 Å². The molecule has 0 bridgehead atoms. The van der Waals surface area contributed by atoms with E-state index in [4.69, 9.17) is 0 Å². The third-order valence-electron chi connectivity index (χ3n) is 11.8. The highest BCUT2D eigenvalue weighted by molar-refractivity contribution is 6.13. The van der Waals surface area contributed by atoms with Crippen LogP contribution in [-0.4, -0.2) is 9.13 Å². The summed E-state index contributed by atoms with van der Waals surface area (Å²) in [4.78, 5) is 0. The zero-order valence-corrected chi connectivity index (χ0v) is 34.1. The first-order valence-corrected chi connectivity index (χ1v) is 20.2. The van der Waals surface area contributed by atoms with Crippen molar-refractivity contribution in [2.75, 3.05) is 0 Å². The Balaban J connectivity index is 1.33. The van der Waals surface area contributed by atoms with E-state index < -0.39 is 11.7 Å². The van der Waals surface area contributed by atoms with E-state index in [1.54, 1.807) is 36.4 Å². The summed E-state index contributed by atoms with van der Waals surface area (Å²) in [6.07, 6.45) is -4.82. The van der Waals surface area contributed by atoms with Crippen LogP contribution in [0.4, 0.5) is 13.2 Å². The third-order valence-corrected chi connectivity index (χ3v) is 11.8. The number of hydrogen-bond acceptors (Lipinski definition) is 6. The van der Waals surface area contributed by atoms with Gasteiger partial charge in [0.2, 0.25) is 0 Å². The number of hydrogen-bond donors (Lipinski definition) is 0. The number of benzene rings is 8. The molecule has 2 heterocycles. The molecule has 0 saturated heterocycles. The topological polar surface area (TPSA) is 153 Å². The van der Waals surface area contributed by atoms with Crippen molar-refractivity contribution in [1.29, 1.82) is 31.6 Å². The Kier molecular flexibility index (Phi) is 9.41. The average molecular weight is 855 g/mol. The number of para-hydroxylation sites is 2. The van der Waals surface area contributed by atoms with E-state index in [0.717, 1.165) is 44.8 Å². The van der Waals surface area contributed by atoms with Gasteiger partial charge in [-0.1, -0.05) is 48.5 Å². The van der Waals surface area contributed by atoms with Crippen LogP contribution in [0.25, 0.3) is 88.4 Å². The molecule has 0 aliphatic heterocycles. The third kappa shape index (κ3) is 6.59. The van der Waals surface area contributed by atoms with Gasteiger partial charge in [-0.05, 0) is 131 Å². The van der Waals surface area contributed by atoms with Crippen molar-refractivity contribution in [3.05, 3.63) is 191 Å². The molecule has 0 unspecified atom stereocenters. The van der Waals surface area contributed by atoms with E-state index in [1.807, 2.05) is 100 Å². The normalized spacial score (nSPS) is 11.2. The second-order valence-electron chi connectivity index (χ2n) is 15.6. The van der Waals surface area contributed by atoms with Gasteiger partial charge in [-0.2, -0.15) is 44.7 Å². The Morgan fingerprint density at radius 3 is 1.11 bits per heavy atom. The summed E-state index contributed by atoms with van der Waals surface area (Å²) in [6, 6.07) is 55.4. The number of rotatable bonds is 5. The van der Waals surface area contributed by atoms with Gasteiger partial charge in [0.1, 0.15) is 0 Å².